The number of carbonyl (C=O) groups excluding carboxylic acids is 1. The first kappa shape index (κ1) is 18.7. The van der Waals surface area contributed by atoms with E-state index in [4.69, 9.17) is 5.73 Å². The lowest BCUT2D eigenvalue weighted by molar-refractivity contribution is 0.0687. The molecule has 150 valence electrons. The molecule has 0 spiro atoms. The molecule has 0 unspecified atom stereocenters. The molecule has 0 aliphatic carbocycles. The molecule has 1 amide bonds. The highest BCUT2D eigenvalue weighted by molar-refractivity contribution is 5.95. The van der Waals surface area contributed by atoms with Crippen molar-refractivity contribution in [2.75, 3.05) is 11.1 Å². The van der Waals surface area contributed by atoms with Crippen molar-refractivity contribution in [3.8, 4) is 0 Å². The Kier molecular flexibility index (Phi) is 4.39. The molecule has 13 heteroatoms. The Hall–Kier alpha value is -4.68. The summed E-state index contributed by atoms with van der Waals surface area (Å²) in [6.45, 7) is 0.0793. The van der Waals surface area contributed by atoms with Crippen molar-refractivity contribution in [1.82, 2.24) is 30.3 Å². The number of nitrogen functional groups attached to an aromatic ring is 1. The number of aromatic carboxylic acids is 1. The van der Waals surface area contributed by atoms with Crippen molar-refractivity contribution in [3.63, 3.8) is 0 Å². The summed E-state index contributed by atoms with van der Waals surface area (Å²) in [4.78, 5) is 50.4. The molecule has 30 heavy (non-hydrogen) atoms. The maximum atomic E-state index is 12.4. The SMILES string of the molecule is Nc1c(Nc2cccc(CNC(=O)c3cc(C(=O)O)n4nnnc4n3)c2)c(=O)c1=O. The molecule has 0 saturated heterocycles. The number of carboxylic acid groups (broad SMARTS) is 1. The summed E-state index contributed by atoms with van der Waals surface area (Å²) in [5.74, 6) is -2.08. The molecule has 4 rings (SSSR count). The number of tetrazole rings is 1. The zero-order valence-electron chi connectivity index (χ0n) is 15.0. The monoisotopic (exact) mass is 408 g/mol. The number of benzene rings is 1. The van der Waals surface area contributed by atoms with E-state index in [0.29, 0.717) is 11.3 Å². The fourth-order valence-corrected chi connectivity index (χ4v) is 2.72. The molecule has 4 aromatic rings. The van der Waals surface area contributed by atoms with Crippen LogP contribution < -0.4 is 27.2 Å². The van der Waals surface area contributed by atoms with Crippen LogP contribution in [0.2, 0.25) is 0 Å². The van der Waals surface area contributed by atoms with E-state index in [1.807, 2.05) is 0 Å². The van der Waals surface area contributed by atoms with Gasteiger partial charge in [0.05, 0.1) is 0 Å². The predicted molar refractivity (Wildman–Crippen MR) is 102 cm³/mol. The third-order valence-electron chi connectivity index (χ3n) is 4.22. The van der Waals surface area contributed by atoms with E-state index in [1.165, 1.54) is 0 Å². The largest absolute Gasteiger partial charge is 0.477 e. The molecule has 2 aromatic carbocycles. The summed E-state index contributed by atoms with van der Waals surface area (Å²) < 4.78 is 0.904. The normalized spacial score (nSPS) is 10.9. The Balaban J connectivity index is 1.49. The highest BCUT2D eigenvalue weighted by Crippen LogP contribution is 2.19. The Labute approximate surface area is 165 Å². The van der Waals surface area contributed by atoms with Gasteiger partial charge in [0.25, 0.3) is 22.5 Å². The van der Waals surface area contributed by atoms with Gasteiger partial charge in [-0.2, -0.15) is 4.52 Å². The maximum Gasteiger partial charge on any atom is 0.354 e. The lowest BCUT2D eigenvalue weighted by Gasteiger charge is -2.11. The minimum Gasteiger partial charge on any atom is -0.477 e. The van der Waals surface area contributed by atoms with Crippen molar-refractivity contribution in [2.24, 2.45) is 0 Å². The minimum absolute atomic E-state index is 0.0294. The number of aromatic nitrogens is 5. The first-order valence-electron chi connectivity index (χ1n) is 8.40. The van der Waals surface area contributed by atoms with Crippen molar-refractivity contribution in [1.29, 1.82) is 0 Å². The van der Waals surface area contributed by atoms with E-state index in [-0.39, 0.29) is 35.1 Å². The second-order valence-electron chi connectivity index (χ2n) is 6.18. The van der Waals surface area contributed by atoms with Gasteiger partial charge in [-0.15, -0.1) is 0 Å². The molecule has 0 radical (unpaired) electrons. The number of nitrogens with two attached hydrogens (primary N) is 1. The van der Waals surface area contributed by atoms with E-state index in [1.54, 1.807) is 24.3 Å². The summed E-state index contributed by atoms with van der Waals surface area (Å²) in [6.07, 6.45) is 0. The van der Waals surface area contributed by atoms with Gasteiger partial charge in [0.15, 0.2) is 5.69 Å². The zero-order chi connectivity index (χ0) is 21.4. The molecule has 0 atom stereocenters. The van der Waals surface area contributed by atoms with Crippen LogP contribution in [-0.4, -0.2) is 42.0 Å². The Morgan fingerprint density at radius 1 is 1.17 bits per heavy atom. The summed E-state index contributed by atoms with van der Waals surface area (Å²) in [5, 5.41) is 25.1. The van der Waals surface area contributed by atoms with Gasteiger partial charge in [-0.05, 0) is 28.1 Å². The summed E-state index contributed by atoms with van der Waals surface area (Å²) in [7, 11) is 0. The smallest absolute Gasteiger partial charge is 0.354 e. The van der Waals surface area contributed by atoms with Gasteiger partial charge in [-0.1, -0.05) is 17.2 Å². The number of carbonyl (C=O) groups is 2. The molecule has 5 N–H and O–H groups in total. The lowest BCUT2D eigenvalue weighted by Crippen LogP contribution is -2.36. The third kappa shape index (κ3) is 3.19. The van der Waals surface area contributed by atoms with Crippen LogP contribution >= 0.6 is 0 Å². The summed E-state index contributed by atoms with van der Waals surface area (Å²) in [5.41, 5.74) is 4.66. The van der Waals surface area contributed by atoms with E-state index < -0.39 is 22.7 Å². The van der Waals surface area contributed by atoms with Crippen LogP contribution in [0.25, 0.3) is 5.78 Å². The number of amides is 1. The summed E-state index contributed by atoms with van der Waals surface area (Å²) >= 11 is 0. The third-order valence-corrected chi connectivity index (χ3v) is 4.22. The topological polar surface area (TPSA) is 195 Å². The van der Waals surface area contributed by atoms with Crippen molar-refractivity contribution in [2.45, 2.75) is 6.54 Å². The second-order valence-corrected chi connectivity index (χ2v) is 6.18. The molecule has 0 fully saturated rings. The highest BCUT2D eigenvalue weighted by atomic mass is 16.4. The first-order valence-corrected chi connectivity index (χ1v) is 8.40. The standard InChI is InChI=1S/C17H12N8O5/c18-11-12(14(27)13(11)26)20-8-3-1-2-7(4-8)6-19-15(28)9-5-10(16(29)30)25-17(21-9)22-23-24-25/h1-5,20H,6,18H2,(H,19,28)(H,29,30). The number of nitrogens with one attached hydrogen (secondary N) is 2. The molecule has 0 saturated carbocycles. The van der Waals surface area contributed by atoms with E-state index in [2.05, 4.69) is 31.1 Å². The fourth-order valence-electron chi connectivity index (χ4n) is 2.72. The number of carboxylic acids is 1. The van der Waals surface area contributed by atoms with Gasteiger partial charge in [-0.25, -0.2) is 9.78 Å². The van der Waals surface area contributed by atoms with Gasteiger partial charge in [-0.3, -0.25) is 14.4 Å². The van der Waals surface area contributed by atoms with E-state index in [9.17, 15) is 24.3 Å². The second kappa shape index (κ2) is 7.05. The number of hydrogen-bond donors (Lipinski definition) is 4. The molecular weight excluding hydrogens is 396 g/mol. The van der Waals surface area contributed by atoms with Crippen molar-refractivity contribution < 1.29 is 14.7 Å². The first-order chi connectivity index (χ1) is 14.3. The lowest BCUT2D eigenvalue weighted by atomic mass is 10.1. The predicted octanol–water partition coefficient (Wildman–Crippen LogP) is -0.931. The fraction of sp³-hybridized carbons (Fsp3) is 0.0588. The van der Waals surface area contributed by atoms with Crippen LogP contribution in [0.15, 0.2) is 39.9 Å². The Bertz CT molecular complexity index is 1390. The number of fused-ring (bicyclic) bond motifs is 1. The van der Waals surface area contributed by atoms with E-state index in [0.717, 1.165) is 10.6 Å². The van der Waals surface area contributed by atoms with Gasteiger partial charge in [0, 0.05) is 18.3 Å². The molecule has 2 heterocycles. The van der Waals surface area contributed by atoms with Crippen LogP contribution in [0, 0.1) is 0 Å². The highest BCUT2D eigenvalue weighted by Gasteiger charge is 2.19. The molecule has 0 aliphatic heterocycles. The number of rotatable bonds is 6. The van der Waals surface area contributed by atoms with Crippen LogP contribution in [-0.2, 0) is 6.54 Å². The maximum absolute atomic E-state index is 12.4. The number of anilines is 3. The molecule has 13 nitrogen and oxygen atoms in total. The number of hydrogen-bond acceptors (Lipinski definition) is 10. The van der Waals surface area contributed by atoms with Gasteiger partial charge in [0.2, 0.25) is 0 Å². The zero-order valence-corrected chi connectivity index (χ0v) is 15.0. The molecule has 2 aromatic heterocycles. The average molecular weight is 408 g/mol. The van der Waals surface area contributed by atoms with Crippen molar-refractivity contribution in [3.05, 3.63) is 67.7 Å². The quantitative estimate of drug-likeness (QED) is 0.288. The van der Waals surface area contributed by atoms with Crippen LogP contribution in [0.5, 0.6) is 0 Å². The van der Waals surface area contributed by atoms with Gasteiger partial charge in [0.1, 0.15) is 17.1 Å². The van der Waals surface area contributed by atoms with Gasteiger partial charge < -0.3 is 21.5 Å². The number of nitrogens with zero attached hydrogens (tertiary/aromatic N) is 5. The van der Waals surface area contributed by atoms with E-state index >= 15 is 0 Å². The Morgan fingerprint density at radius 3 is 2.70 bits per heavy atom. The van der Waals surface area contributed by atoms with Crippen LogP contribution in [0.1, 0.15) is 26.5 Å². The minimum atomic E-state index is -1.32. The average Bonchev–Trinajstić information content (AvgIpc) is 3.23. The van der Waals surface area contributed by atoms with Crippen molar-refractivity contribution >= 4 is 34.7 Å². The Morgan fingerprint density at radius 2 is 1.97 bits per heavy atom. The molecule has 0 aliphatic rings. The van der Waals surface area contributed by atoms with Gasteiger partial charge >= 0.3 is 5.97 Å². The molecule has 0 bridgehead atoms. The summed E-state index contributed by atoms with van der Waals surface area (Å²) in [6, 6.07) is 7.78. The molecular formula is C17H12N8O5. The van der Waals surface area contributed by atoms with Crippen LogP contribution in [0.3, 0.4) is 0 Å². The van der Waals surface area contributed by atoms with Crippen LogP contribution in [0.4, 0.5) is 17.1 Å².